The molecule has 0 radical (unpaired) electrons. The zero-order chi connectivity index (χ0) is 28.8. The van der Waals surface area contributed by atoms with Crippen LogP contribution in [0.25, 0.3) is 43.8 Å². The van der Waals surface area contributed by atoms with Crippen molar-refractivity contribution < 1.29 is 16.2 Å². The molecule has 6 rings (SSSR count). The molecular weight excluding hydrogens is 667 g/mol. The van der Waals surface area contributed by atoms with Gasteiger partial charge in [-0.15, -0.1) is 0 Å². The maximum absolute atomic E-state index is 5.65. The maximum atomic E-state index is 5.65. The molecule has 0 aliphatic carbocycles. The number of aryl methyl sites for hydroxylation is 4. The van der Waals surface area contributed by atoms with Crippen molar-refractivity contribution in [3.05, 3.63) is 131 Å². The molecule has 0 fully saturated rings. The molecule has 204 valence electrons. The zero-order valence-corrected chi connectivity index (χ0v) is 30.2. The van der Waals surface area contributed by atoms with Gasteiger partial charge >= 0.3 is 54.8 Å². The topological polar surface area (TPSA) is 0 Å². The minimum absolute atomic E-state index is 0.735. The van der Waals surface area contributed by atoms with Gasteiger partial charge in [0.1, 0.15) is 0 Å². The molecule has 0 saturated heterocycles. The van der Waals surface area contributed by atoms with E-state index in [0.717, 1.165) is 0 Å². The number of halogens is 2. The normalized spacial score (nSPS) is 10.5. The van der Waals surface area contributed by atoms with E-state index < -0.39 is 26.2 Å². The Morgan fingerprint density at radius 1 is 0.525 bits per heavy atom. The molecule has 0 N–H and O–H groups in total. The summed E-state index contributed by atoms with van der Waals surface area (Å²) in [6.07, 6.45) is 0. The van der Waals surface area contributed by atoms with Crippen molar-refractivity contribution in [3.8, 4) is 22.3 Å². The molecule has 0 unspecified atom stereocenters. The molecular formula is C36H36Cl2GeZr-2. The van der Waals surface area contributed by atoms with Gasteiger partial charge in [-0.3, -0.25) is 0 Å². The van der Waals surface area contributed by atoms with E-state index in [4.69, 9.17) is 17.0 Å². The van der Waals surface area contributed by atoms with E-state index in [9.17, 15) is 0 Å². The Morgan fingerprint density at radius 3 is 1.20 bits per heavy atom. The summed E-state index contributed by atoms with van der Waals surface area (Å²) >= 11 is -1.59. The zero-order valence-electron chi connectivity index (χ0n) is 24.1. The second-order valence-electron chi connectivity index (χ2n) is 10.6. The minimum atomic E-state index is -1.59. The van der Waals surface area contributed by atoms with Crippen LogP contribution in [0.3, 0.4) is 0 Å². The van der Waals surface area contributed by atoms with Crippen molar-refractivity contribution in [1.82, 2.24) is 0 Å². The van der Waals surface area contributed by atoms with Gasteiger partial charge in [-0.25, -0.2) is 12.1 Å². The SMILES string of the molecule is Cc1cc(-c2cccc3ccccc23)c(C)[cH-]1.Cc1cc(-c2cccc3ccccc23)c(C)[cH-]1.[CH3][Ge]([CH3])=[Zr]([Cl])[Cl]. The fourth-order valence-electron chi connectivity index (χ4n) is 5.11. The van der Waals surface area contributed by atoms with Gasteiger partial charge in [-0.1, -0.05) is 124 Å². The Kier molecular flexibility index (Phi) is 11.1. The van der Waals surface area contributed by atoms with E-state index >= 15 is 0 Å². The van der Waals surface area contributed by atoms with Crippen LogP contribution in [0.1, 0.15) is 22.3 Å². The average molecular weight is 703 g/mol. The van der Waals surface area contributed by atoms with Crippen molar-refractivity contribution >= 4 is 48.5 Å². The van der Waals surface area contributed by atoms with Gasteiger partial charge in [0.05, 0.1) is 0 Å². The Morgan fingerprint density at radius 2 is 0.875 bits per heavy atom. The first-order valence-electron chi connectivity index (χ1n) is 13.6. The van der Waals surface area contributed by atoms with E-state index in [1.807, 2.05) is 0 Å². The molecule has 0 aliphatic rings. The summed E-state index contributed by atoms with van der Waals surface area (Å²) in [5.41, 5.74) is 10.8. The van der Waals surface area contributed by atoms with Crippen LogP contribution in [0.4, 0.5) is 0 Å². The summed E-state index contributed by atoms with van der Waals surface area (Å²) in [6, 6.07) is 39.2. The summed E-state index contributed by atoms with van der Waals surface area (Å²) in [6.45, 7) is 8.68. The molecule has 0 bridgehead atoms. The average Bonchev–Trinajstić information content (AvgIpc) is 3.47. The van der Waals surface area contributed by atoms with Gasteiger partial charge in [0.25, 0.3) is 0 Å². The van der Waals surface area contributed by atoms with E-state index in [1.54, 1.807) is 0 Å². The third-order valence-electron chi connectivity index (χ3n) is 7.02. The summed E-state index contributed by atoms with van der Waals surface area (Å²) in [4.78, 5) is 0. The number of benzene rings is 4. The summed E-state index contributed by atoms with van der Waals surface area (Å²) in [5.74, 6) is 4.46. The molecule has 0 spiro atoms. The van der Waals surface area contributed by atoms with Crippen LogP contribution < -0.4 is 0 Å². The number of rotatable bonds is 2. The molecule has 6 aromatic rings. The number of hydrogen-bond acceptors (Lipinski definition) is 0. The van der Waals surface area contributed by atoms with E-state index in [2.05, 4.69) is 148 Å². The second-order valence-corrected chi connectivity index (χ2v) is 48.5. The van der Waals surface area contributed by atoms with Gasteiger partial charge in [0.15, 0.2) is 0 Å². The summed E-state index contributed by atoms with van der Waals surface area (Å²) in [5, 5.41) is 5.29. The monoisotopic (exact) mass is 702 g/mol. The first kappa shape index (κ1) is 31.1. The summed E-state index contributed by atoms with van der Waals surface area (Å²) < 4.78 is 0. The predicted octanol–water partition coefficient (Wildman–Crippen LogP) is 11.8. The molecule has 4 heteroatoms. The van der Waals surface area contributed by atoms with E-state index in [0.29, 0.717) is 0 Å². The third-order valence-corrected chi connectivity index (χ3v) is 41.5. The fourth-order valence-corrected chi connectivity index (χ4v) is 5.11. The van der Waals surface area contributed by atoms with E-state index in [1.165, 1.54) is 66.1 Å². The summed E-state index contributed by atoms with van der Waals surface area (Å²) in [7, 11) is 10.6. The van der Waals surface area contributed by atoms with Gasteiger partial charge in [-0.05, 0) is 21.5 Å². The van der Waals surface area contributed by atoms with Crippen LogP contribution in [0.15, 0.2) is 109 Å². The van der Waals surface area contributed by atoms with Crippen LogP contribution in [-0.2, 0) is 16.2 Å². The van der Waals surface area contributed by atoms with Gasteiger partial charge < -0.3 is 0 Å². The standard InChI is InChI=1S/2C17H15.C2H6Ge.2ClH.Zr/c2*1-12-10-13(2)17(11-12)16-9-5-7-14-6-3-4-8-15(14)16;1-3-2;;;/h2*3-11H,1-2H3;1-2H3;2*1H;/q2*-1;;;;+2/p-2. The quantitative estimate of drug-likeness (QED) is 0.124. The second kappa shape index (κ2) is 14.3. The number of hydrogen-bond donors (Lipinski definition) is 0. The molecule has 0 nitrogen and oxygen atoms in total. The van der Waals surface area contributed by atoms with Crippen LogP contribution in [0.5, 0.6) is 0 Å². The Bertz CT molecular complexity index is 1640. The third kappa shape index (κ3) is 7.68. The van der Waals surface area contributed by atoms with Crippen molar-refractivity contribution in [2.24, 2.45) is 0 Å². The van der Waals surface area contributed by atoms with Gasteiger partial charge in [0.2, 0.25) is 0 Å². The van der Waals surface area contributed by atoms with Crippen molar-refractivity contribution in [2.75, 3.05) is 0 Å². The fraction of sp³-hybridized carbons (Fsp3) is 0.167. The Labute approximate surface area is 255 Å². The van der Waals surface area contributed by atoms with Crippen molar-refractivity contribution in [1.29, 1.82) is 0 Å². The first-order valence-corrected chi connectivity index (χ1v) is 31.5. The molecule has 40 heavy (non-hydrogen) atoms. The van der Waals surface area contributed by atoms with Crippen LogP contribution in [-0.4, -0.2) is 9.98 Å². The van der Waals surface area contributed by atoms with Gasteiger partial charge in [0, 0.05) is 0 Å². The first-order chi connectivity index (χ1) is 19.2. The molecule has 0 saturated carbocycles. The molecule has 0 heterocycles. The van der Waals surface area contributed by atoms with Crippen molar-refractivity contribution in [2.45, 2.75) is 39.2 Å². The van der Waals surface area contributed by atoms with E-state index in [-0.39, 0.29) is 0 Å². The van der Waals surface area contributed by atoms with Crippen LogP contribution >= 0.6 is 17.0 Å². The molecule has 0 amide bonds. The molecule has 0 aliphatic heterocycles. The Balaban J connectivity index is 0.000000155. The molecule has 6 aromatic carbocycles. The molecule has 0 atom stereocenters. The Hall–Kier alpha value is -1.89. The number of fused-ring (bicyclic) bond motifs is 2. The van der Waals surface area contributed by atoms with Crippen LogP contribution in [0, 0.1) is 27.7 Å². The van der Waals surface area contributed by atoms with Crippen LogP contribution in [0.2, 0.25) is 11.5 Å². The predicted molar refractivity (Wildman–Crippen MR) is 178 cm³/mol. The molecule has 0 aromatic heterocycles. The van der Waals surface area contributed by atoms with Gasteiger partial charge in [-0.2, -0.15) is 45.5 Å². The van der Waals surface area contributed by atoms with Crippen molar-refractivity contribution in [3.63, 3.8) is 0 Å².